The summed E-state index contributed by atoms with van der Waals surface area (Å²) >= 11 is 0. The lowest BCUT2D eigenvalue weighted by molar-refractivity contribution is -0.129. The van der Waals surface area contributed by atoms with E-state index < -0.39 is 0 Å². The van der Waals surface area contributed by atoms with Gasteiger partial charge in [0.25, 0.3) is 0 Å². The third-order valence-corrected chi connectivity index (χ3v) is 2.74. The van der Waals surface area contributed by atoms with Crippen LogP contribution in [-0.4, -0.2) is 17.5 Å². The Bertz CT molecular complexity index is 159. The van der Waals surface area contributed by atoms with Crippen LogP contribution in [0.5, 0.6) is 0 Å². The van der Waals surface area contributed by atoms with Crippen LogP contribution in [0.4, 0.5) is 0 Å². The molecule has 1 N–H and O–H groups in total. The Hall–Kier alpha value is -0.370. The summed E-state index contributed by atoms with van der Waals surface area (Å²) < 4.78 is 0. The van der Waals surface area contributed by atoms with Crippen LogP contribution < -0.4 is 0 Å². The molecule has 1 aliphatic carbocycles. The lowest BCUT2D eigenvalue weighted by atomic mass is 9.90. The van der Waals surface area contributed by atoms with Crippen molar-refractivity contribution in [1.82, 2.24) is 0 Å². The molecule has 0 heterocycles. The molecule has 0 spiro atoms. The molecule has 11 heavy (non-hydrogen) atoms. The first-order valence-electron chi connectivity index (χ1n) is 4.31. The summed E-state index contributed by atoms with van der Waals surface area (Å²) in [6.45, 7) is 4.00. The first kappa shape index (κ1) is 8.72. The number of hydrogen-bond acceptors (Lipinski definition) is 2. The van der Waals surface area contributed by atoms with Crippen LogP contribution in [0.15, 0.2) is 0 Å². The van der Waals surface area contributed by atoms with E-state index in [0.717, 1.165) is 19.3 Å². The monoisotopic (exact) mass is 156 g/mol. The van der Waals surface area contributed by atoms with Crippen LogP contribution >= 0.6 is 0 Å². The molecular formula is C9H16O2. The Morgan fingerprint density at radius 3 is 2.45 bits per heavy atom. The first-order chi connectivity index (χ1) is 5.16. The van der Waals surface area contributed by atoms with Crippen LogP contribution in [0, 0.1) is 11.3 Å². The second kappa shape index (κ2) is 2.94. The molecule has 0 aromatic rings. The molecule has 0 aliphatic heterocycles. The Morgan fingerprint density at radius 2 is 2.18 bits per heavy atom. The van der Waals surface area contributed by atoms with Gasteiger partial charge in [0.05, 0.1) is 12.0 Å². The minimum Gasteiger partial charge on any atom is -0.395 e. The number of aliphatic hydroxyl groups excluding tert-OH is 1. The van der Waals surface area contributed by atoms with Crippen molar-refractivity contribution in [3.8, 4) is 0 Å². The number of Topliss-reactive ketones (excluding diaryl/α,β-unsaturated/α-hetero) is 1. The second-order valence-corrected chi connectivity index (χ2v) is 3.61. The molecule has 0 aromatic carbocycles. The lowest BCUT2D eigenvalue weighted by Crippen LogP contribution is -2.25. The largest absolute Gasteiger partial charge is 0.395 e. The Balaban J connectivity index is 2.53. The molecule has 0 amide bonds. The normalized spacial score (nSPS) is 22.8. The quantitative estimate of drug-likeness (QED) is 0.667. The SMILES string of the molecule is CCC(C)C(=O)C1(CO)CC1. The summed E-state index contributed by atoms with van der Waals surface area (Å²) in [6.07, 6.45) is 2.68. The van der Waals surface area contributed by atoms with Crippen LogP contribution in [0.25, 0.3) is 0 Å². The number of hydrogen-bond donors (Lipinski definition) is 1. The van der Waals surface area contributed by atoms with E-state index in [-0.39, 0.29) is 23.7 Å². The summed E-state index contributed by atoms with van der Waals surface area (Å²) in [6, 6.07) is 0. The molecule has 1 rings (SSSR count). The summed E-state index contributed by atoms with van der Waals surface area (Å²) in [5, 5.41) is 8.95. The van der Waals surface area contributed by atoms with Gasteiger partial charge >= 0.3 is 0 Å². The predicted molar refractivity (Wildman–Crippen MR) is 43.2 cm³/mol. The Morgan fingerprint density at radius 1 is 1.64 bits per heavy atom. The summed E-state index contributed by atoms with van der Waals surface area (Å²) in [5.41, 5.74) is -0.310. The lowest BCUT2D eigenvalue weighted by Gasteiger charge is -2.14. The molecule has 0 bridgehead atoms. The van der Waals surface area contributed by atoms with E-state index in [9.17, 15) is 4.79 Å². The molecule has 1 aliphatic rings. The maximum atomic E-state index is 11.5. The van der Waals surface area contributed by atoms with Crippen molar-refractivity contribution in [2.45, 2.75) is 33.1 Å². The van der Waals surface area contributed by atoms with Gasteiger partial charge in [-0.3, -0.25) is 4.79 Å². The van der Waals surface area contributed by atoms with Crippen molar-refractivity contribution in [2.24, 2.45) is 11.3 Å². The molecule has 64 valence electrons. The van der Waals surface area contributed by atoms with E-state index in [4.69, 9.17) is 5.11 Å². The van der Waals surface area contributed by atoms with Crippen molar-refractivity contribution in [3.63, 3.8) is 0 Å². The van der Waals surface area contributed by atoms with Gasteiger partial charge in [0.1, 0.15) is 5.78 Å². The highest BCUT2D eigenvalue weighted by Gasteiger charge is 2.49. The number of ketones is 1. The molecule has 1 fully saturated rings. The zero-order valence-electron chi connectivity index (χ0n) is 7.26. The smallest absolute Gasteiger partial charge is 0.144 e. The van der Waals surface area contributed by atoms with E-state index in [1.807, 2.05) is 13.8 Å². The molecule has 1 atom stereocenters. The van der Waals surface area contributed by atoms with E-state index in [1.54, 1.807) is 0 Å². The molecule has 1 saturated carbocycles. The fourth-order valence-corrected chi connectivity index (χ4v) is 1.34. The van der Waals surface area contributed by atoms with Crippen LogP contribution in [0.3, 0.4) is 0 Å². The maximum absolute atomic E-state index is 11.5. The molecule has 1 unspecified atom stereocenters. The van der Waals surface area contributed by atoms with Crippen molar-refractivity contribution in [2.75, 3.05) is 6.61 Å². The van der Waals surface area contributed by atoms with Crippen molar-refractivity contribution < 1.29 is 9.90 Å². The average Bonchev–Trinajstić information content (AvgIpc) is 2.82. The number of rotatable bonds is 4. The van der Waals surface area contributed by atoms with E-state index in [0.29, 0.717) is 0 Å². The predicted octanol–water partition coefficient (Wildman–Crippen LogP) is 1.37. The van der Waals surface area contributed by atoms with Gasteiger partial charge in [0.15, 0.2) is 0 Å². The summed E-state index contributed by atoms with van der Waals surface area (Å²) in [7, 11) is 0. The van der Waals surface area contributed by atoms with Gasteiger partial charge in [-0.1, -0.05) is 13.8 Å². The van der Waals surface area contributed by atoms with Gasteiger partial charge in [-0.2, -0.15) is 0 Å². The molecule has 2 heteroatoms. The minimum absolute atomic E-state index is 0.0518. The van der Waals surface area contributed by atoms with Gasteiger partial charge in [-0.25, -0.2) is 0 Å². The van der Waals surface area contributed by atoms with Gasteiger partial charge in [-0.15, -0.1) is 0 Å². The second-order valence-electron chi connectivity index (χ2n) is 3.61. The molecule has 0 saturated heterocycles. The highest BCUT2D eigenvalue weighted by Crippen LogP contribution is 2.47. The van der Waals surface area contributed by atoms with Gasteiger partial charge < -0.3 is 5.11 Å². The number of carbonyl (C=O) groups excluding carboxylic acids is 1. The molecule has 0 aromatic heterocycles. The van der Waals surface area contributed by atoms with Crippen LogP contribution in [0.2, 0.25) is 0 Å². The Kier molecular flexibility index (Phi) is 2.33. The zero-order chi connectivity index (χ0) is 8.48. The summed E-state index contributed by atoms with van der Waals surface area (Å²) in [5.74, 6) is 0.396. The van der Waals surface area contributed by atoms with Crippen LogP contribution in [0.1, 0.15) is 33.1 Å². The van der Waals surface area contributed by atoms with Crippen molar-refractivity contribution in [3.05, 3.63) is 0 Å². The summed E-state index contributed by atoms with van der Waals surface area (Å²) in [4.78, 5) is 11.5. The van der Waals surface area contributed by atoms with E-state index in [2.05, 4.69) is 0 Å². The van der Waals surface area contributed by atoms with Gasteiger partial charge in [0.2, 0.25) is 0 Å². The fraction of sp³-hybridized carbons (Fsp3) is 0.889. The zero-order valence-corrected chi connectivity index (χ0v) is 7.26. The molecule has 2 nitrogen and oxygen atoms in total. The fourth-order valence-electron chi connectivity index (χ4n) is 1.34. The highest BCUT2D eigenvalue weighted by molar-refractivity contribution is 5.89. The molecule has 0 radical (unpaired) electrons. The Labute approximate surface area is 67.6 Å². The first-order valence-corrected chi connectivity index (χ1v) is 4.31. The van der Waals surface area contributed by atoms with Crippen LogP contribution in [-0.2, 0) is 4.79 Å². The van der Waals surface area contributed by atoms with E-state index >= 15 is 0 Å². The topological polar surface area (TPSA) is 37.3 Å². The van der Waals surface area contributed by atoms with Crippen molar-refractivity contribution in [1.29, 1.82) is 0 Å². The van der Waals surface area contributed by atoms with Crippen molar-refractivity contribution >= 4 is 5.78 Å². The van der Waals surface area contributed by atoms with Gasteiger partial charge in [0, 0.05) is 5.92 Å². The number of aliphatic hydroxyl groups is 1. The van der Waals surface area contributed by atoms with E-state index in [1.165, 1.54) is 0 Å². The maximum Gasteiger partial charge on any atom is 0.144 e. The third kappa shape index (κ3) is 1.45. The third-order valence-electron chi connectivity index (χ3n) is 2.74. The number of carbonyl (C=O) groups is 1. The highest BCUT2D eigenvalue weighted by atomic mass is 16.3. The molecular weight excluding hydrogens is 140 g/mol. The minimum atomic E-state index is -0.310. The standard InChI is InChI=1S/C9H16O2/c1-3-7(2)8(11)9(6-10)4-5-9/h7,10H,3-6H2,1-2H3. The van der Waals surface area contributed by atoms with Gasteiger partial charge in [-0.05, 0) is 19.3 Å². The average molecular weight is 156 g/mol.